The lowest BCUT2D eigenvalue weighted by atomic mass is 10.00. The molecule has 2 rings (SSSR count). The van der Waals surface area contributed by atoms with Crippen LogP contribution in [0.3, 0.4) is 0 Å². The molecule has 0 bridgehead atoms. The molecule has 1 unspecified atom stereocenters. The molecule has 118 valence electrons. The molecule has 1 atom stereocenters. The lowest BCUT2D eigenvalue weighted by molar-refractivity contribution is -0.128. The van der Waals surface area contributed by atoms with Crippen molar-refractivity contribution in [3.8, 4) is 11.8 Å². The number of methoxy groups -OCH3 is 1. The Bertz CT molecular complexity index is 716. The van der Waals surface area contributed by atoms with Crippen LogP contribution in [0.25, 0.3) is 0 Å². The third-order valence-electron chi connectivity index (χ3n) is 3.25. The minimum Gasteiger partial charge on any atom is -0.497 e. The summed E-state index contributed by atoms with van der Waals surface area (Å²) in [5.41, 5.74) is 0.466. The highest BCUT2D eigenvalue weighted by Gasteiger charge is 2.26. The molecule has 1 aromatic heterocycles. The molecule has 1 amide bonds. The number of hydrogen-bond donors (Lipinski definition) is 1. The Hall–Kier alpha value is -3.07. The normalized spacial score (nSPS) is 11.3. The fourth-order valence-electron chi connectivity index (χ4n) is 2.04. The quantitative estimate of drug-likeness (QED) is 0.793. The summed E-state index contributed by atoms with van der Waals surface area (Å²) in [4.78, 5) is 24.2. The number of nitrogens with one attached hydrogen (secondary N) is 1. The Morgan fingerprint density at radius 3 is 2.83 bits per heavy atom. The molecule has 0 spiro atoms. The number of anilines is 1. The van der Waals surface area contributed by atoms with E-state index in [9.17, 15) is 9.59 Å². The molecule has 0 saturated carbocycles. The third-order valence-corrected chi connectivity index (χ3v) is 3.25. The van der Waals surface area contributed by atoms with E-state index >= 15 is 0 Å². The van der Waals surface area contributed by atoms with Crippen molar-refractivity contribution in [2.75, 3.05) is 12.4 Å². The van der Waals surface area contributed by atoms with Crippen molar-refractivity contribution in [2.24, 2.45) is 5.92 Å². The number of hydrogen-bond acceptors (Lipinski definition) is 5. The first-order valence-electron chi connectivity index (χ1n) is 7.03. The van der Waals surface area contributed by atoms with Crippen molar-refractivity contribution in [2.45, 2.75) is 12.8 Å². The van der Waals surface area contributed by atoms with E-state index in [4.69, 9.17) is 14.4 Å². The van der Waals surface area contributed by atoms with E-state index in [0.717, 1.165) is 0 Å². The van der Waals surface area contributed by atoms with Crippen LogP contribution < -0.4 is 10.1 Å². The molecular weight excluding hydrogens is 296 g/mol. The minimum absolute atomic E-state index is 0.0667. The van der Waals surface area contributed by atoms with Gasteiger partial charge in [-0.25, -0.2) is 0 Å². The van der Waals surface area contributed by atoms with Gasteiger partial charge in [-0.3, -0.25) is 9.59 Å². The Kier molecular flexibility index (Phi) is 5.53. The molecule has 1 heterocycles. The summed E-state index contributed by atoms with van der Waals surface area (Å²) in [7, 11) is 1.51. The van der Waals surface area contributed by atoms with Gasteiger partial charge in [0.15, 0.2) is 11.7 Å². The second-order valence-electron chi connectivity index (χ2n) is 4.83. The van der Waals surface area contributed by atoms with Gasteiger partial charge in [0, 0.05) is 24.6 Å². The maximum Gasteiger partial charge on any atom is 0.249 e. The van der Waals surface area contributed by atoms with E-state index in [-0.39, 0.29) is 6.42 Å². The predicted molar refractivity (Wildman–Crippen MR) is 82.8 cm³/mol. The maximum atomic E-state index is 12.1. The Balaban J connectivity index is 1.97. The topological polar surface area (TPSA) is 92.3 Å². The van der Waals surface area contributed by atoms with E-state index in [0.29, 0.717) is 23.6 Å². The molecule has 0 saturated heterocycles. The van der Waals surface area contributed by atoms with Gasteiger partial charge in [0.2, 0.25) is 5.91 Å². The molecule has 1 aromatic carbocycles. The lowest BCUT2D eigenvalue weighted by Gasteiger charge is -2.10. The summed E-state index contributed by atoms with van der Waals surface area (Å²) in [5.74, 6) is -1.23. The summed E-state index contributed by atoms with van der Waals surface area (Å²) < 4.78 is 10.2. The van der Waals surface area contributed by atoms with Gasteiger partial charge >= 0.3 is 0 Å². The summed E-state index contributed by atoms with van der Waals surface area (Å²) in [5, 5.41) is 11.7. The monoisotopic (exact) mass is 312 g/mol. The first-order chi connectivity index (χ1) is 11.1. The van der Waals surface area contributed by atoms with Crippen LogP contribution >= 0.6 is 0 Å². The predicted octanol–water partition coefficient (Wildman–Crippen LogP) is 2.57. The van der Waals surface area contributed by atoms with Crippen molar-refractivity contribution in [3.05, 3.63) is 48.4 Å². The highest BCUT2D eigenvalue weighted by molar-refractivity contribution is 6.09. The number of aryl methyl sites for hydroxylation is 1. The highest BCUT2D eigenvalue weighted by atomic mass is 16.5. The van der Waals surface area contributed by atoms with E-state index < -0.39 is 17.6 Å². The standard InChI is InChI=1S/C17H16N2O4/c1-22-14-5-2-4-12(10-14)19-17(21)15(11-18)16(20)8-7-13-6-3-9-23-13/h2-6,9-10,15H,7-8H2,1H3,(H,19,21). The molecule has 0 radical (unpaired) electrons. The Labute approximate surface area is 133 Å². The van der Waals surface area contributed by atoms with Crippen LogP contribution in [0, 0.1) is 17.2 Å². The maximum absolute atomic E-state index is 12.1. The van der Waals surface area contributed by atoms with Gasteiger partial charge in [-0.05, 0) is 24.3 Å². The van der Waals surface area contributed by atoms with Gasteiger partial charge in [-0.2, -0.15) is 5.26 Å². The van der Waals surface area contributed by atoms with Crippen LogP contribution in [-0.2, 0) is 16.0 Å². The van der Waals surface area contributed by atoms with Crippen LogP contribution in [0.1, 0.15) is 12.2 Å². The summed E-state index contributed by atoms with van der Waals surface area (Å²) in [6, 6.07) is 11.9. The highest BCUT2D eigenvalue weighted by Crippen LogP contribution is 2.18. The van der Waals surface area contributed by atoms with Crippen LogP contribution in [0.15, 0.2) is 47.1 Å². The molecule has 23 heavy (non-hydrogen) atoms. The van der Waals surface area contributed by atoms with Gasteiger partial charge in [-0.1, -0.05) is 6.07 Å². The zero-order valence-corrected chi connectivity index (χ0v) is 12.6. The minimum atomic E-state index is -1.35. The van der Waals surface area contributed by atoms with E-state index in [2.05, 4.69) is 5.32 Å². The molecule has 0 aliphatic heterocycles. The molecule has 0 fully saturated rings. The number of ketones is 1. The largest absolute Gasteiger partial charge is 0.497 e. The fraction of sp³-hybridized carbons (Fsp3) is 0.235. The lowest BCUT2D eigenvalue weighted by Crippen LogP contribution is -2.28. The van der Waals surface area contributed by atoms with E-state index in [1.165, 1.54) is 13.4 Å². The number of furan rings is 1. The molecule has 1 N–H and O–H groups in total. The number of carbonyl (C=O) groups is 2. The number of rotatable bonds is 7. The zero-order chi connectivity index (χ0) is 16.7. The molecular formula is C17H16N2O4. The van der Waals surface area contributed by atoms with Crippen molar-refractivity contribution < 1.29 is 18.7 Å². The number of amides is 1. The van der Waals surface area contributed by atoms with Crippen molar-refractivity contribution in [3.63, 3.8) is 0 Å². The van der Waals surface area contributed by atoms with Gasteiger partial charge in [0.25, 0.3) is 0 Å². The average molecular weight is 312 g/mol. The first kappa shape index (κ1) is 16.3. The number of ether oxygens (including phenoxy) is 1. The van der Waals surface area contributed by atoms with Crippen molar-refractivity contribution >= 4 is 17.4 Å². The van der Waals surface area contributed by atoms with Gasteiger partial charge in [0.05, 0.1) is 19.4 Å². The SMILES string of the molecule is COc1cccc(NC(=O)C(C#N)C(=O)CCc2ccco2)c1. The first-order valence-corrected chi connectivity index (χ1v) is 7.03. The zero-order valence-electron chi connectivity index (χ0n) is 12.6. The smallest absolute Gasteiger partial charge is 0.249 e. The van der Waals surface area contributed by atoms with Crippen LogP contribution in [0.2, 0.25) is 0 Å². The number of nitrogens with zero attached hydrogens (tertiary/aromatic N) is 1. The second kappa shape index (κ2) is 7.80. The van der Waals surface area contributed by atoms with Gasteiger partial charge in [-0.15, -0.1) is 0 Å². The molecule has 0 aliphatic carbocycles. The summed E-state index contributed by atoms with van der Waals surface area (Å²) >= 11 is 0. The average Bonchev–Trinajstić information content (AvgIpc) is 3.07. The second-order valence-corrected chi connectivity index (χ2v) is 4.83. The van der Waals surface area contributed by atoms with Gasteiger partial charge < -0.3 is 14.5 Å². The molecule has 6 heteroatoms. The van der Waals surface area contributed by atoms with E-state index in [1.54, 1.807) is 42.5 Å². The van der Waals surface area contributed by atoms with Gasteiger partial charge in [0.1, 0.15) is 11.5 Å². The van der Waals surface area contributed by atoms with Crippen LogP contribution in [0.5, 0.6) is 5.75 Å². The summed E-state index contributed by atoms with van der Waals surface area (Å²) in [6.07, 6.45) is 1.94. The molecule has 2 aromatic rings. The molecule has 0 aliphatic rings. The van der Waals surface area contributed by atoms with Crippen molar-refractivity contribution in [1.82, 2.24) is 0 Å². The fourth-order valence-corrected chi connectivity index (χ4v) is 2.04. The third kappa shape index (κ3) is 4.45. The number of carbonyl (C=O) groups excluding carboxylic acids is 2. The molecule has 6 nitrogen and oxygen atoms in total. The van der Waals surface area contributed by atoms with Crippen LogP contribution in [0.4, 0.5) is 5.69 Å². The summed E-state index contributed by atoms with van der Waals surface area (Å²) in [6.45, 7) is 0. The van der Waals surface area contributed by atoms with Crippen LogP contribution in [-0.4, -0.2) is 18.8 Å². The Morgan fingerprint density at radius 2 is 2.17 bits per heavy atom. The Morgan fingerprint density at radius 1 is 1.35 bits per heavy atom. The van der Waals surface area contributed by atoms with Crippen molar-refractivity contribution in [1.29, 1.82) is 5.26 Å². The number of Topliss-reactive ketones (excluding diaryl/α,β-unsaturated/α-hetero) is 1. The number of nitriles is 1. The number of benzene rings is 1. The van der Waals surface area contributed by atoms with E-state index in [1.807, 2.05) is 0 Å².